The van der Waals surface area contributed by atoms with Gasteiger partial charge in [-0.1, -0.05) is 19.1 Å². The number of carboxylic acids is 1. The van der Waals surface area contributed by atoms with Crippen molar-refractivity contribution in [3.63, 3.8) is 0 Å². The van der Waals surface area contributed by atoms with Crippen molar-refractivity contribution < 1.29 is 19.4 Å². The molecule has 1 atom stereocenters. The van der Waals surface area contributed by atoms with Crippen LogP contribution in [0.5, 0.6) is 0 Å². The number of carboxylic acid groups (broad SMARTS) is 1. The molecule has 4 nitrogen and oxygen atoms in total. The fourth-order valence-electron chi connectivity index (χ4n) is 1.42. The number of hydrogen-bond acceptors (Lipinski definition) is 4. The van der Waals surface area contributed by atoms with Crippen molar-refractivity contribution in [1.82, 2.24) is 0 Å². The Kier molecular flexibility index (Phi) is 5.71. The summed E-state index contributed by atoms with van der Waals surface area (Å²) in [5.74, 6) is -0.536. The van der Waals surface area contributed by atoms with Gasteiger partial charge in [0.15, 0.2) is 0 Å². The van der Waals surface area contributed by atoms with Gasteiger partial charge in [-0.25, -0.2) is 4.79 Å². The standard InChI is InChI=1S/C13H16O4S/c1-3-11(12(14)15)18-8-9-4-6-10(7-5-9)13(16)17-2/h4-7,11H,3,8H2,1-2H3,(H,14,15). The molecule has 0 spiro atoms. The van der Waals surface area contributed by atoms with Gasteiger partial charge in [-0.05, 0) is 24.1 Å². The van der Waals surface area contributed by atoms with Gasteiger partial charge in [0.05, 0.1) is 12.7 Å². The average molecular weight is 268 g/mol. The number of thioether (sulfide) groups is 1. The topological polar surface area (TPSA) is 63.6 Å². The summed E-state index contributed by atoms with van der Waals surface area (Å²) in [7, 11) is 1.34. The summed E-state index contributed by atoms with van der Waals surface area (Å²) in [4.78, 5) is 22.1. The van der Waals surface area contributed by atoms with Gasteiger partial charge in [-0.2, -0.15) is 0 Å². The largest absolute Gasteiger partial charge is 0.480 e. The van der Waals surface area contributed by atoms with E-state index >= 15 is 0 Å². The number of esters is 1. The average Bonchev–Trinajstić information content (AvgIpc) is 2.39. The first-order valence-corrected chi connectivity index (χ1v) is 6.65. The first kappa shape index (κ1) is 14.6. The zero-order valence-electron chi connectivity index (χ0n) is 10.4. The van der Waals surface area contributed by atoms with Gasteiger partial charge in [-0.15, -0.1) is 11.8 Å². The predicted molar refractivity (Wildman–Crippen MR) is 70.8 cm³/mol. The summed E-state index contributed by atoms with van der Waals surface area (Å²) in [6, 6.07) is 6.99. The number of benzene rings is 1. The molecule has 0 radical (unpaired) electrons. The molecular formula is C13H16O4S. The van der Waals surface area contributed by atoms with Crippen LogP contribution in [0.3, 0.4) is 0 Å². The fraction of sp³-hybridized carbons (Fsp3) is 0.385. The second-order valence-corrected chi connectivity index (χ2v) is 4.93. The second-order valence-electron chi connectivity index (χ2n) is 3.73. The lowest BCUT2D eigenvalue weighted by Crippen LogP contribution is -2.15. The van der Waals surface area contributed by atoms with E-state index in [9.17, 15) is 9.59 Å². The molecule has 0 amide bonds. The van der Waals surface area contributed by atoms with E-state index in [0.29, 0.717) is 17.7 Å². The summed E-state index contributed by atoms with van der Waals surface area (Å²) in [5, 5.41) is 8.53. The molecule has 0 saturated carbocycles. The van der Waals surface area contributed by atoms with E-state index in [4.69, 9.17) is 5.11 Å². The lowest BCUT2D eigenvalue weighted by Gasteiger charge is -2.09. The van der Waals surface area contributed by atoms with Crippen molar-refractivity contribution in [3.8, 4) is 0 Å². The molecule has 98 valence electrons. The smallest absolute Gasteiger partial charge is 0.337 e. The van der Waals surface area contributed by atoms with Crippen LogP contribution in [0.15, 0.2) is 24.3 Å². The monoisotopic (exact) mass is 268 g/mol. The summed E-state index contributed by atoms with van der Waals surface area (Å²) >= 11 is 1.39. The van der Waals surface area contributed by atoms with Gasteiger partial charge >= 0.3 is 11.9 Å². The van der Waals surface area contributed by atoms with Crippen molar-refractivity contribution >= 4 is 23.7 Å². The van der Waals surface area contributed by atoms with Crippen LogP contribution in [0, 0.1) is 0 Å². The Morgan fingerprint density at radius 3 is 2.39 bits per heavy atom. The van der Waals surface area contributed by atoms with Gasteiger partial charge in [0.1, 0.15) is 5.25 Å². The van der Waals surface area contributed by atoms with E-state index < -0.39 is 5.97 Å². The van der Waals surface area contributed by atoms with E-state index in [-0.39, 0.29) is 11.2 Å². The van der Waals surface area contributed by atoms with Gasteiger partial charge in [0.2, 0.25) is 0 Å². The van der Waals surface area contributed by atoms with Crippen LogP contribution in [0.4, 0.5) is 0 Å². The van der Waals surface area contributed by atoms with Gasteiger partial charge in [0, 0.05) is 5.75 Å². The highest BCUT2D eigenvalue weighted by Crippen LogP contribution is 2.20. The predicted octanol–water partition coefficient (Wildman–Crippen LogP) is 2.57. The molecule has 0 bridgehead atoms. The van der Waals surface area contributed by atoms with Crippen molar-refractivity contribution in [2.75, 3.05) is 7.11 Å². The molecule has 0 fully saturated rings. The lowest BCUT2D eigenvalue weighted by atomic mass is 10.1. The number of carbonyl (C=O) groups excluding carboxylic acids is 1. The van der Waals surface area contributed by atoms with Crippen molar-refractivity contribution in [1.29, 1.82) is 0 Å². The minimum absolute atomic E-state index is 0.369. The first-order chi connectivity index (χ1) is 8.58. The number of aliphatic carboxylic acids is 1. The number of methoxy groups -OCH3 is 1. The normalized spacial score (nSPS) is 11.9. The van der Waals surface area contributed by atoms with E-state index in [1.54, 1.807) is 12.1 Å². The Hall–Kier alpha value is -1.49. The van der Waals surface area contributed by atoms with Crippen molar-refractivity contribution in [2.24, 2.45) is 0 Å². The number of carbonyl (C=O) groups is 2. The quantitative estimate of drug-likeness (QED) is 0.803. The van der Waals surface area contributed by atoms with E-state index in [1.165, 1.54) is 18.9 Å². The van der Waals surface area contributed by atoms with Crippen molar-refractivity contribution in [3.05, 3.63) is 35.4 Å². The molecular weight excluding hydrogens is 252 g/mol. The molecule has 0 aliphatic heterocycles. The molecule has 18 heavy (non-hydrogen) atoms. The number of hydrogen-bond donors (Lipinski definition) is 1. The maximum Gasteiger partial charge on any atom is 0.337 e. The molecule has 0 aliphatic carbocycles. The third kappa shape index (κ3) is 4.07. The third-order valence-corrected chi connectivity index (χ3v) is 3.91. The first-order valence-electron chi connectivity index (χ1n) is 5.60. The van der Waals surface area contributed by atoms with E-state index in [0.717, 1.165) is 5.56 Å². The lowest BCUT2D eigenvalue weighted by molar-refractivity contribution is -0.136. The molecule has 1 aromatic carbocycles. The molecule has 0 saturated heterocycles. The van der Waals surface area contributed by atoms with Crippen LogP contribution in [0.25, 0.3) is 0 Å². The van der Waals surface area contributed by atoms with Crippen LogP contribution in [-0.4, -0.2) is 29.4 Å². The molecule has 1 aromatic rings. The molecule has 5 heteroatoms. The van der Waals surface area contributed by atoms with Crippen LogP contribution in [0.2, 0.25) is 0 Å². The molecule has 1 rings (SSSR count). The minimum Gasteiger partial charge on any atom is -0.480 e. The molecule has 1 N–H and O–H groups in total. The second kappa shape index (κ2) is 7.06. The minimum atomic E-state index is -0.784. The SMILES string of the molecule is CCC(SCc1ccc(C(=O)OC)cc1)C(=O)O. The Bertz CT molecular complexity index is 414. The van der Waals surface area contributed by atoms with Gasteiger partial charge in [-0.3, -0.25) is 4.79 Å². The Balaban J connectivity index is 2.58. The molecule has 0 heterocycles. The molecule has 0 aromatic heterocycles. The third-order valence-electron chi connectivity index (χ3n) is 2.47. The zero-order chi connectivity index (χ0) is 13.5. The van der Waals surface area contributed by atoms with Crippen molar-refractivity contribution in [2.45, 2.75) is 24.3 Å². The van der Waals surface area contributed by atoms with E-state index in [2.05, 4.69) is 4.74 Å². The van der Waals surface area contributed by atoms with Gasteiger partial charge in [0.25, 0.3) is 0 Å². The highest BCUT2D eigenvalue weighted by Gasteiger charge is 2.15. The van der Waals surface area contributed by atoms with Crippen LogP contribution >= 0.6 is 11.8 Å². The molecule has 0 aliphatic rings. The molecule has 1 unspecified atom stereocenters. The van der Waals surface area contributed by atoms with E-state index in [1.807, 2.05) is 19.1 Å². The van der Waals surface area contributed by atoms with Gasteiger partial charge < -0.3 is 9.84 Å². The van der Waals surface area contributed by atoms with Crippen LogP contribution in [0.1, 0.15) is 29.3 Å². The summed E-state index contributed by atoms with van der Waals surface area (Å²) < 4.78 is 4.60. The summed E-state index contributed by atoms with van der Waals surface area (Å²) in [5.41, 5.74) is 1.49. The Morgan fingerprint density at radius 2 is 1.94 bits per heavy atom. The summed E-state index contributed by atoms with van der Waals surface area (Å²) in [6.07, 6.45) is 0.597. The highest BCUT2D eigenvalue weighted by atomic mass is 32.2. The Morgan fingerprint density at radius 1 is 1.33 bits per heavy atom. The maximum atomic E-state index is 11.2. The highest BCUT2D eigenvalue weighted by molar-refractivity contribution is 7.99. The van der Waals surface area contributed by atoms with Crippen LogP contribution < -0.4 is 0 Å². The number of rotatable bonds is 6. The number of ether oxygens (including phenoxy) is 1. The van der Waals surface area contributed by atoms with Crippen LogP contribution in [-0.2, 0) is 15.3 Å². The summed E-state index contributed by atoms with van der Waals surface area (Å²) in [6.45, 7) is 1.85. The Labute approximate surface area is 110 Å². The maximum absolute atomic E-state index is 11.2. The zero-order valence-corrected chi connectivity index (χ0v) is 11.2. The fourth-order valence-corrected chi connectivity index (χ4v) is 2.38.